The number of aryl methyl sites for hydroxylation is 2. The van der Waals surface area contributed by atoms with E-state index in [-0.39, 0.29) is 55.0 Å². The van der Waals surface area contributed by atoms with E-state index in [1.165, 1.54) is 16.2 Å². The predicted molar refractivity (Wildman–Crippen MR) is 340 cm³/mol. The number of anilines is 2. The zero-order chi connectivity index (χ0) is 64.3. The quantitative estimate of drug-likeness (QED) is 0.0685. The van der Waals surface area contributed by atoms with E-state index < -0.39 is 58.8 Å². The first kappa shape index (κ1) is 64.7. The number of benzene rings is 3. The van der Waals surface area contributed by atoms with Gasteiger partial charge in [-0.05, 0) is 112 Å². The minimum atomic E-state index is -4.92. The van der Waals surface area contributed by atoms with Crippen molar-refractivity contribution in [3.05, 3.63) is 140 Å². The number of piperidine rings is 2. The third-order valence-electron chi connectivity index (χ3n) is 18.9. The number of aliphatic hydroxyl groups is 1. The summed E-state index contributed by atoms with van der Waals surface area (Å²) in [5.74, 6) is -2.21. The lowest BCUT2D eigenvalue weighted by atomic mass is 9.91. The number of H-pyrrole nitrogens is 1. The summed E-state index contributed by atoms with van der Waals surface area (Å²) in [7, 11) is 2.02. The molecule has 5 fully saturated rings. The number of carbonyl (C=O) groups excluding carboxylic acids is 5. The summed E-state index contributed by atoms with van der Waals surface area (Å²) in [5, 5.41) is 20.8. The number of aromatic nitrogens is 3. The highest BCUT2D eigenvalue weighted by Crippen LogP contribution is 2.38. The third-order valence-corrected chi connectivity index (χ3v) is 19.9. The minimum Gasteiger partial charge on any atom is -0.391 e. The number of nitrogens with zero attached hydrogens (tertiary/aromatic N) is 9. The third kappa shape index (κ3) is 15.1. The Morgan fingerprint density at radius 2 is 1.52 bits per heavy atom. The van der Waals surface area contributed by atoms with E-state index in [1.807, 2.05) is 92.2 Å². The van der Waals surface area contributed by atoms with E-state index in [2.05, 4.69) is 51.4 Å². The van der Waals surface area contributed by atoms with E-state index in [9.17, 15) is 47.0 Å². The molecule has 5 aliphatic heterocycles. The van der Waals surface area contributed by atoms with Crippen LogP contribution in [0, 0.1) is 25.7 Å². The number of alkyl halides is 3. The lowest BCUT2D eigenvalue weighted by molar-refractivity contribution is -0.141. The van der Waals surface area contributed by atoms with Gasteiger partial charge in [0.2, 0.25) is 29.2 Å². The average Bonchev–Trinajstić information content (AvgIpc) is 2.32. The molecule has 5 aliphatic rings. The molecule has 2 unspecified atom stereocenters. The Kier molecular flexibility index (Phi) is 19.9. The molecular weight excluding hydrogens is 1190 g/mol. The molecule has 91 heavy (non-hydrogen) atoms. The Morgan fingerprint density at radius 3 is 2.18 bits per heavy atom. The number of hydrogen-bond acceptors (Lipinski definition) is 15. The van der Waals surface area contributed by atoms with Gasteiger partial charge in [-0.15, -0.1) is 11.3 Å². The van der Waals surface area contributed by atoms with Gasteiger partial charge in [-0.3, -0.25) is 33.7 Å². The van der Waals surface area contributed by atoms with Crippen molar-refractivity contribution in [2.45, 2.75) is 109 Å². The smallest absolute Gasteiger partial charge is 0.391 e. The first-order chi connectivity index (χ1) is 43.6. The van der Waals surface area contributed by atoms with Gasteiger partial charge < -0.3 is 54.6 Å². The van der Waals surface area contributed by atoms with Crippen molar-refractivity contribution in [3.8, 4) is 21.6 Å². The van der Waals surface area contributed by atoms with E-state index in [4.69, 9.17) is 4.52 Å². The summed E-state index contributed by atoms with van der Waals surface area (Å²) in [6.45, 7) is 16.4. The minimum absolute atomic E-state index is 0.00289. The van der Waals surface area contributed by atoms with Crippen LogP contribution in [0.1, 0.15) is 109 Å². The second-order valence-electron chi connectivity index (χ2n) is 25.5. The van der Waals surface area contributed by atoms with Gasteiger partial charge in [0.1, 0.15) is 17.7 Å². The molecule has 6 aromatic rings. The Labute approximate surface area is 531 Å². The fourth-order valence-corrected chi connectivity index (χ4v) is 14.5. The van der Waals surface area contributed by atoms with Crippen LogP contribution in [-0.4, -0.2) is 189 Å². The molecule has 0 bridgehead atoms. The van der Waals surface area contributed by atoms with Crippen LogP contribution in [0.3, 0.4) is 0 Å². The monoisotopic (exact) mass is 1270 g/mol. The molecule has 0 saturated carbocycles. The molecular formula is C67H81F3N12O8S. The highest BCUT2D eigenvalue weighted by molar-refractivity contribution is 7.13. The molecule has 0 spiro atoms. The first-order valence-electron chi connectivity index (χ1n) is 31.7. The summed E-state index contributed by atoms with van der Waals surface area (Å²) in [6.07, 6.45) is -1.88. The zero-order valence-corrected chi connectivity index (χ0v) is 53.0. The lowest BCUT2D eigenvalue weighted by Crippen LogP contribution is -2.53. The van der Waals surface area contributed by atoms with Crippen molar-refractivity contribution in [2.75, 3.05) is 102 Å². The second kappa shape index (κ2) is 28.0. The number of thiazole rings is 1. The maximum Gasteiger partial charge on any atom is 0.417 e. The normalized spacial score (nSPS) is 20.1. The van der Waals surface area contributed by atoms with Crippen LogP contribution in [0.15, 0.2) is 99.9 Å². The first-order valence-corrected chi connectivity index (χ1v) is 32.6. The Balaban J connectivity index is 0.668. The number of aromatic amines is 1. The molecule has 8 heterocycles. The molecule has 5 amide bonds. The zero-order valence-electron chi connectivity index (χ0n) is 52.2. The number of amides is 5. The maximum atomic E-state index is 14.5. The Bertz CT molecular complexity index is 3640. The van der Waals surface area contributed by atoms with Crippen molar-refractivity contribution in [1.82, 2.24) is 49.8 Å². The highest BCUT2D eigenvalue weighted by atomic mass is 32.1. The number of pyridine rings is 1. The van der Waals surface area contributed by atoms with Crippen molar-refractivity contribution >= 4 is 52.2 Å². The van der Waals surface area contributed by atoms with E-state index in [0.29, 0.717) is 87.8 Å². The van der Waals surface area contributed by atoms with Gasteiger partial charge in [0.05, 0.1) is 62.8 Å². The second-order valence-corrected chi connectivity index (χ2v) is 26.3. The fourth-order valence-electron chi connectivity index (χ4n) is 13.7. The molecule has 3 aromatic carbocycles. The van der Waals surface area contributed by atoms with E-state index in [0.717, 1.165) is 96.4 Å². The predicted octanol–water partition coefficient (Wildman–Crippen LogP) is 7.79. The molecule has 4 N–H and O–H groups in total. The number of rotatable bonds is 17. The summed E-state index contributed by atoms with van der Waals surface area (Å²) in [5.41, 5.74) is 5.83. The molecule has 20 nitrogen and oxygen atoms in total. The van der Waals surface area contributed by atoms with Crippen LogP contribution in [0.25, 0.3) is 21.6 Å². The summed E-state index contributed by atoms with van der Waals surface area (Å²) in [6, 6.07) is 22.2. The van der Waals surface area contributed by atoms with E-state index >= 15 is 0 Å². The molecule has 5 saturated heterocycles. The molecule has 0 aliphatic carbocycles. The number of likely N-dealkylation sites (N-methyl/N-ethyl adjacent to an activating group) is 1. The summed E-state index contributed by atoms with van der Waals surface area (Å²) >= 11 is 1.54. The number of piperazine rings is 2. The molecule has 24 heteroatoms. The van der Waals surface area contributed by atoms with Crippen LogP contribution >= 0.6 is 11.3 Å². The van der Waals surface area contributed by atoms with Crippen LogP contribution in [0.2, 0.25) is 0 Å². The van der Waals surface area contributed by atoms with Gasteiger partial charge in [0.25, 0.3) is 5.91 Å². The summed E-state index contributed by atoms with van der Waals surface area (Å²) < 4.78 is 47.7. The molecule has 3 aromatic heterocycles. The SMILES string of the molecule is Cc1cc(C(C(=O)N2C[C@H](O)C[C@H]2C(=O)NC(CC(=O)N2CCC(N3CCC(C(=O)N4CCN(Cc5cccc(-c6ccc(N7CCN(C)CC7)c(NC(=O)c7c[nH]c(=O)cc7C(F)(F)F)c6)c5)CC4)CC3)CC2)c2ccc(-c3scnc3C)cc2)C(C)C)on1. The van der Waals surface area contributed by atoms with Crippen LogP contribution in [0.5, 0.6) is 0 Å². The van der Waals surface area contributed by atoms with Gasteiger partial charge in [0.15, 0.2) is 0 Å². The lowest BCUT2D eigenvalue weighted by Gasteiger charge is -2.43. The number of carbonyl (C=O) groups is 5. The van der Waals surface area contributed by atoms with Crippen molar-refractivity contribution in [1.29, 1.82) is 0 Å². The number of nitrogens with one attached hydrogen (secondary N) is 3. The van der Waals surface area contributed by atoms with Gasteiger partial charge >= 0.3 is 6.18 Å². The Hall–Kier alpha value is -7.77. The Morgan fingerprint density at radius 1 is 0.813 bits per heavy atom. The molecule has 4 atom stereocenters. The number of likely N-dealkylation sites (tertiary alicyclic amines) is 3. The fraction of sp³-hybridized carbons (Fsp3) is 0.493. The van der Waals surface area contributed by atoms with E-state index in [1.54, 1.807) is 24.6 Å². The topological polar surface area (TPSA) is 224 Å². The van der Waals surface area contributed by atoms with Crippen molar-refractivity contribution in [2.24, 2.45) is 11.8 Å². The number of β-amino-alcohol motifs (C(OH)–C–C–N with tert-alkyl or cyclic N) is 1. The van der Waals surface area contributed by atoms with Gasteiger partial charge in [-0.1, -0.05) is 67.5 Å². The number of hydrogen-bond donors (Lipinski definition) is 4. The molecule has 484 valence electrons. The van der Waals surface area contributed by atoms with Crippen LogP contribution in [0.4, 0.5) is 24.5 Å². The van der Waals surface area contributed by atoms with Crippen LogP contribution in [-0.2, 0) is 31.9 Å². The highest BCUT2D eigenvalue weighted by Gasteiger charge is 2.45. The number of halogens is 3. The van der Waals surface area contributed by atoms with Gasteiger partial charge in [-0.25, -0.2) is 4.98 Å². The van der Waals surface area contributed by atoms with Gasteiger partial charge in [0, 0.05) is 115 Å². The largest absolute Gasteiger partial charge is 0.417 e. The molecule has 11 rings (SSSR count). The summed E-state index contributed by atoms with van der Waals surface area (Å²) in [4.78, 5) is 105. The number of aliphatic hydroxyl groups excluding tert-OH is 1. The van der Waals surface area contributed by atoms with Crippen molar-refractivity contribution < 1.29 is 46.8 Å². The average molecular weight is 1270 g/mol. The van der Waals surface area contributed by atoms with Gasteiger partial charge in [-0.2, -0.15) is 13.2 Å². The maximum absolute atomic E-state index is 14.5. The van der Waals surface area contributed by atoms with Crippen LogP contribution < -0.4 is 21.1 Å². The standard InChI is InChI=1S/C67H81F3N12O8S/c1-41(2)61(58-31-42(3)75-90-58)66(89)82-39-51(83)34-57(82)64(87)73-54(45-9-11-46(12-10-45)62-43(4)72-40-91-62)36-60(85)80-21-17-50(18-22-80)78-19-15-47(16-20-78)65(88)81-29-25-77(26-30-81)38-44-7-6-8-48(32-44)49-13-14-56(79-27-23-76(5)24-28-79)55(33-49)74-63(86)52-37-71-59(84)35-53(52)67(68,69)70/h6-14,31-33,35,37,40-41,47,50-51,54,57,61,83H,15-30,34,36,38-39H2,1-5H3,(H,71,84)(H,73,87)(H,74,86)/t51-,54?,57+,61?/m1/s1. The molecule has 0 radical (unpaired) electrons. The van der Waals surface area contributed by atoms with Crippen molar-refractivity contribution in [3.63, 3.8) is 0 Å².